The number of hydrogen-bond acceptors (Lipinski definition) is 5. The number of carboxylic acid groups (broad SMARTS) is 1. The molecule has 10 nitrogen and oxygen atoms in total. The minimum absolute atomic E-state index is 0.0660. The molecule has 1 rings (SSSR count). The molecule has 0 spiro atoms. The lowest BCUT2D eigenvalue weighted by atomic mass is 10.0. The van der Waals surface area contributed by atoms with Crippen molar-refractivity contribution in [3.63, 3.8) is 0 Å². The zero-order chi connectivity index (χ0) is 20.6. The molecular formula is C17H32N6O4. The van der Waals surface area contributed by atoms with E-state index in [-0.39, 0.29) is 30.8 Å². The summed E-state index contributed by atoms with van der Waals surface area (Å²) in [5.41, 5.74) is 16.4. The van der Waals surface area contributed by atoms with Gasteiger partial charge in [-0.15, -0.1) is 0 Å². The number of carbonyl (C=O) groups is 3. The van der Waals surface area contributed by atoms with Crippen LogP contribution < -0.4 is 22.5 Å². The van der Waals surface area contributed by atoms with Gasteiger partial charge in [-0.2, -0.15) is 0 Å². The van der Waals surface area contributed by atoms with Gasteiger partial charge in [0.2, 0.25) is 11.8 Å². The number of aliphatic imine (C=N–C) groups is 1. The van der Waals surface area contributed by atoms with Crippen LogP contribution in [-0.2, 0) is 14.4 Å². The Hall–Kier alpha value is -2.36. The molecule has 10 heteroatoms. The second kappa shape index (κ2) is 10.7. The molecule has 0 aromatic heterocycles. The van der Waals surface area contributed by atoms with Crippen LogP contribution in [-0.4, -0.2) is 65.0 Å². The van der Waals surface area contributed by atoms with E-state index >= 15 is 0 Å². The van der Waals surface area contributed by atoms with Gasteiger partial charge in [0, 0.05) is 13.1 Å². The van der Waals surface area contributed by atoms with Gasteiger partial charge in [0.25, 0.3) is 0 Å². The SMILES string of the molecule is CC(C)C[C@H](N)C(=O)N1CCC[C@H]1C(=O)N[C@@H](CCCN=C(N)N)C(=O)O. The predicted octanol–water partition coefficient (Wildman–Crippen LogP) is -1.03. The van der Waals surface area contributed by atoms with Gasteiger partial charge in [0.05, 0.1) is 6.04 Å². The molecule has 1 fully saturated rings. The first-order chi connectivity index (χ1) is 12.6. The van der Waals surface area contributed by atoms with Gasteiger partial charge in [-0.1, -0.05) is 13.8 Å². The van der Waals surface area contributed by atoms with Crippen LogP contribution in [0.2, 0.25) is 0 Å². The number of guanidine groups is 1. The molecule has 27 heavy (non-hydrogen) atoms. The summed E-state index contributed by atoms with van der Waals surface area (Å²) in [5.74, 6) is -1.67. The van der Waals surface area contributed by atoms with Crippen molar-refractivity contribution in [2.24, 2.45) is 28.1 Å². The Morgan fingerprint density at radius 1 is 1.30 bits per heavy atom. The highest BCUT2D eigenvalue weighted by Gasteiger charge is 2.37. The second-order valence-corrected chi connectivity index (χ2v) is 7.27. The van der Waals surface area contributed by atoms with Crippen LogP contribution >= 0.6 is 0 Å². The van der Waals surface area contributed by atoms with Crippen LogP contribution in [0.5, 0.6) is 0 Å². The van der Waals surface area contributed by atoms with Crippen LogP contribution in [0.15, 0.2) is 4.99 Å². The van der Waals surface area contributed by atoms with Crippen LogP contribution in [0.1, 0.15) is 46.0 Å². The first-order valence-electron chi connectivity index (χ1n) is 9.28. The van der Waals surface area contributed by atoms with E-state index in [2.05, 4.69) is 10.3 Å². The van der Waals surface area contributed by atoms with Gasteiger partial charge >= 0.3 is 5.97 Å². The fourth-order valence-electron chi connectivity index (χ4n) is 3.15. The lowest BCUT2D eigenvalue weighted by molar-refractivity contribution is -0.144. The second-order valence-electron chi connectivity index (χ2n) is 7.27. The van der Waals surface area contributed by atoms with E-state index in [1.807, 2.05) is 13.8 Å². The summed E-state index contributed by atoms with van der Waals surface area (Å²) in [7, 11) is 0. The summed E-state index contributed by atoms with van der Waals surface area (Å²) < 4.78 is 0. The molecule has 0 radical (unpaired) electrons. The Kier molecular flexibility index (Phi) is 8.99. The van der Waals surface area contributed by atoms with Crippen LogP contribution in [0.4, 0.5) is 0 Å². The summed E-state index contributed by atoms with van der Waals surface area (Å²) in [5, 5.41) is 11.9. The van der Waals surface area contributed by atoms with Crippen molar-refractivity contribution in [3.8, 4) is 0 Å². The lowest BCUT2D eigenvalue weighted by Crippen LogP contribution is -2.54. The summed E-state index contributed by atoms with van der Waals surface area (Å²) in [4.78, 5) is 41.8. The number of carboxylic acids is 1. The number of nitrogens with one attached hydrogen (secondary N) is 1. The smallest absolute Gasteiger partial charge is 0.326 e. The van der Waals surface area contributed by atoms with Crippen molar-refractivity contribution in [2.45, 2.75) is 64.1 Å². The summed E-state index contributed by atoms with van der Waals surface area (Å²) in [6.45, 7) is 4.67. The van der Waals surface area contributed by atoms with Gasteiger partial charge in [0.1, 0.15) is 12.1 Å². The maximum Gasteiger partial charge on any atom is 0.326 e. The van der Waals surface area contributed by atoms with E-state index < -0.39 is 30.0 Å². The van der Waals surface area contributed by atoms with E-state index in [0.29, 0.717) is 32.2 Å². The standard InChI is InChI=1S/C17H32N6O4/c1-10(2)9-11(18)15(25)23-8-4-6-13(23)14(24)22-12(16(26)27)5-3-7-21-17(19)20/h10-13H,3-9,18H2,1-2H3,(H,22,24)(H,26,27)(H4,19,20,21)/t11-,12-,13-/m0/s1. The fraction of sp³-hybridized carbons (Fsp3) is 0.765. The topological polar surface area (TPSA) is 177 Å². The average Bonchev–Trinajstić information content (AvgIpc) is 3.05. The first-order valence-corrected chi connectivity index (χ1v) is 9.28. The third kappa shape index (κ3) is 7.41. The maximum atomic E-state index is 12.6. The monoisotopic (exact) mass is 384 g/mol. The molecule has 3 atom stereocenters. The molecule has 8 N–H and O–H groups in total. The molecule has 1 aliphatic rings. The molecule has 0 unspecified atom stereocenters. The fourth-order valence-corrected chi connectivity index (χ4v) is 3.15. The number of rotatable bonds is 10. The van der Waals surface area contributed by atoms with E-state index in [1.54, 1.807) is 0 Å². The van der Waals surface area contributed by atoms with Crippen LogP contribution in [0.3, 0.4) is 0 Å². The molecule has 1 heterocycles. The highest BCUT2D eigenvalue weighted by atomic mass is 16.4. The molecule has 2 amide bonds. The summed E-state index contributed by atoms with van der Waals surface area (Å²) in [6.07, 6.45) is 2.30. The highest BCUT2D eigenvalue weighted by molar-refractivity contribution is 5.92. The summed E-state index contributed by atoms with van der Waals surface area (Å²) in [6, 6.07) is -2.41. The third-order valence-electron chi connectivity index (χ3n) is 4.44. The predicted molar refractivity (Wildman–Crippen MR) is 102 cm³/mol. The van der Waals surface area contributed by atoms with Crippen molar-refractivity contribution in [2.75, 3.05) is 13.1 Å². The highest BCUT2D eigenvalue weighted by Crippen LogP contribution is 2.20. The maximum absolute atomic E-state index is 12.6. The number of aliphatic carboxylic acids is 1. The van der Waals surface area contributed by atoms with Gasteiger partial charge in [-0.3, -0.25) is 14.6 Å². The van der Waals surface area contributed by atoms with E-state index in [4.69, 9.17) is 17.2 Å². The normalized spacial score (nSPS) is 18.8. The number of nitrogens with two attached hydrogens (primary N) is 3. The molecule has 0 saturated carbocycles. The summed E-state index contributed by atoms with van der Waals surface area (Å²) >= 11 is 0. The largest absolute Gasteiger partial charge is 0.480 e. The average molecular weight is 384 g/mol. The van der Waals surface area contributed by atoms with Gasteiger partial charge in [-0.25, -0.2) is 4.79 Å². The number of hydrogen-bond donors (Lipinski definition) is 5. The minimum atomic E-state index is -1.14. The number of amides is 2. The van der Waals surface area contributed by atoms with Crippen LogP contribution in [0.25, 0.3) is 0 Å². The molecule has 0 aromatic rings. The Morgan fingerprint density at radius 3 is 2.52 bits per heavy atom. The first kappa shape index (κ1) is 22.7. The third-order valence-corrected chi connectivity index (χ3v) is 4.44. The molecule has 1 aliphatic heterocycles. The van der Waals surface area contributed by atoms with Crippen molar-refractivity contribution < 1.29 is 19.5 Å². The minimum Gasteiger partial charge on any atom is -0.480 e. The zero-order valence-corrected chi connectivity index (χ0v) is 16.1. The number of nitrogens with zero attached hydrogens (tertiary/aromatic N) is 2. The van der Waals surface area contributed by atoms with E-state index in [0.717, 1.165) is 0 Å². The molecular weight excluding hydrogens is 352 g/mol. The van der Waals surface area contributed by atoms with E-state index in [9.17, 15) is 19.5 Å². The van der Waals surface area contributed by atoms with Gasteiger partial charge in [0.15, 0.2) is 5.96 Å². The molecule has 0 aliphatic carbocycles. The zero-order valence-electron chi connectivity index (χ0n) is 16.1. The molecule has 1 saturated heterocycles. The van der Waals surface area contributed by atoms with Crippen molar-refractivity contribution in [1.29, 1.82) is 0 Å². The molecule has 0 aromatic carbocycles. The van der Waals surface area contributed by atoms with Gasteiger partial charge in [-0.05, 0) is 38.0 Å². The Balaban J connectivity index is 2.67. The van der Waals surface area contributed by atoms with Crippen molar-refractivity contribution >= 4 is 23.7 Å². The van der Waals surface area contributed by atoms with Crippen molar-refractivity contribution in [1.82, 2.24) is 10.2 Å². The van der Waals surface area contributed by atoms with Crippen LogP contribution in [0, 0.1) is 5.92 Å². The quantitative estimate of drug-likeness (QED) is 0.182. The number of likely N-dealkylation sites (tertiary alicyclic amines) is 1. The Morgan fingerprint density at radius 2 is 1.96 bits per heavy atom. The Bertz CT molecular complexity index is 562. The lowest BCUT2D eigenvalue weighted by Gasteiger charge is -2.28. The molecule has 154 valence electrons. The Labute approximate surface area is 159 Å². The van der Waals surface area contributed by atoms with Crippen molar-refractivity contribution in [3.05, 3.63) is 0 Å². The molecule has 0 bridgehead atoms. The van der Waals surface area contributed by atoms with Gasteiger partial charge < -0.3 is 32.5 Å². The number of carbonyl (C=O) groups excluding carboxylic acids is 2. The van der Waals surface area contributed by atoms with E-state index in [1.165, 1.54) is 4.90 Å².